The molecule has 1 heterocycles. The molecule has 0 aliphatic carbocycles. The third kappa shape index (κ3) is 2.76. The van der Waals surface area contributed by atoms with Gasteiger partial charge < -0.3 is 10.2 Å². The normalized spacial score (nSPS) is 21.9. The molecule has 1 aliphatic rings. The van der Waals surface area contributed by atoms with Gasteiger partial charge in [0.05, 0.1) is 0 Å². The number of allylic oxidation sites excluding steroid dienone is 1. The van der Waals surface area contributed by atoms with Crippen LogP contribution < -0.4 is 5.32 Å². The number of hydrogen-bond acceptors (Lipinski definition) is 2. The Hall–Kier alpha value is -0.990. The molecule has 1 rings (SSSR count). The molecule has 14 heavy (non-hydrogen) atoms. The summed E-state index contributed by atoms with van der Waals surface area (Å²) in [5.74, 6) is 0.183. The van der Waals surface area contributed by atoms with E-state index in [1.54, 1.807) is 0 Å². The molecule has 1 amide bonds. The van der Waals surface area contributed by atoms with Crippen LogP contribution in [0.15, 0.2) is 12.3 Å². The maximum atomic E-state index is 11.7. The standard InChI is InChI=1S/C11H20N2O/c1-3-7-12-11(14)10-6-5-9-13(10)8-4-2/h4,8,10H,3,5-7,9H2,1-2H3,(H,12,14). The van der Waals surface area contributed by atoms with Crippen molar-refractivity contribution in [2.24, 2.45) is 0 Å². The third-order valence-corrected chi connectivity index (χ3v) is 2.49. The molecular formula is C11H20N2O. The Morgan fingerprint density at radius 2 is 2.43 bits per heavy atom. The summed E-state index contributed by atoms with van der Waals surface area (Å²) in [6, 6.07) is 0.0674. The Labute approximate surface area is 86.2 Å². The van der Waals surface area contributed by atoms with Crippen molar-refractivity contribution in [3.05, 3.63) is 12.3 Å². The lowest BCUT2D eigenvalue weighted by atomic mass is 10.2. The molecule has 0 radical (unpaired) electrons. The molecule has 1 aliphatic heterocycles. The lowest BCUT2D eigenvalue weighted by Crippen LogP contribution is -2.41. The molecule has 0 bridgehead atoms. The van der Waals surface area contributed by atoms with Gasteiger partial charge in [0.25, 0.3) is 0 Å². The molecule has 3 nitrogen and oxygen atoms in total. The second-order valence-electron chi connectivity index (χ2n) is 3.67. The molecule has 0 aromatic carbocycles. The molecule has 3 heteroatoms. The van der Waals surface area contributed by atoms with E-state index >= 15 is 0 Å². The monoisotopic (exact) mass is 196 g/mol. The van der Waals surface area contributed by atoms with Gasteiger partial charge >= 0.3 is 0 Å². The molecule has 0 aromatic heterocycles. The topological polar surface area (TPSA) is 32.3 Å². The van der Waals surface area contributed by atoms with E-state index in [2.05, 4.69) is 17.1 Å². The molecule has 1 N–H and O–H groups in total. The van der Waals surface area contributed by atoms with Crippen LogP contribution in [0.4, 0.5) is 0 Å². The summed E-state index contributed by atoms with van der Waals surface area (Å²) in [5.41, 5.74) is 0. The fourth-order valence-electron chi connectivity index (χ4n) is 1.81. The van der Waals surface area contributed by atoms with E-state index in [4.69, 9.17) is 0 Å². The van der Waals surface area contributed by atoms with Crippen LogP contribution in [-0.4, -0.2) is 29.9 Å². The fraction of sp³-hybridized carbons (Fsp3) is 0.727. The van der Waals surface area contributed by atoms with Gasteiger partial charge in [-0.3, -0.25) is 4.79 Å². The summed E-state index contributed by atoms with van der Waals surface area (Å²) in [7, 11) is 0. The minimum atomic E-state index is 0.0674. The largest absolute Gasteiger partial charge is 0.366 e. The van der Waals surface area contributed by atoms with Gasteiger partial charge in [-0.05, 0) is 32.4 Å². The smallest absolute Gasteiger partial charge is 0.242 e. The number of carbonyl (C=O) groups excluding carboxylic acids is 1. The number of hydrogen-bond donors (Lipinski definition) is 1. The van der Waals surface area contributed by atoms with Gasteiger partial charge in [-0.25, -0.2) is 0 Å². The van der Waals surface area contributed by atoms with Gasteiger partial charge in [-0.1, -0.05) is 13.0 Å². The summed E-state index contributed by atoms with van der Waals surface area (Å²) >= 11 is 0. The van der Waals surface area contributed by atoms with Crippen LogP contribution in [0.3, 0.4) is 0 Å². The first kappa shape index (κ1) is 11.1. The van der Waals surface area contributed by atoms with E-state index in [1.807, 2.05) is 19.2 Å². The summed E-state index contributed by atoms with van der Waals surface area (Å²) in [6.07, 6.45) is 7.12. The van der Waals surface area contributed by atoms with Crippen molar-refractivity contribution < 1.29 is 4.79 Å². The number of rotatable bonds is 4. The van der Waals surface area contributed by atoms with Crippen LogP contribution >= 0.6 is 0 Å². The van der Waals surface area contributed by atoms with Crippen LogP contribution in [0.5, 0.6) is 0 Å². The lowest BCUT2D eigenvalue weighted by Gasteiger charge is -2.21. The molecule has 0 aromatic rings. The minimum Gasteiger partial charge on any atom is -0.366 e. The zero-order chi connectivity index (χ0) is 10.4. The maximum Gasteiger partial charge on any atom is 0.242 e. The van der Waals surface area contributed by atoms with Gasteiger partial charge in [0, 0.05) is 13.1 Å². The van der Waals surface area contributed by atoms with Crippen molar-refractivity contribution >= 4 is 5.91 Å². The molecule has 0 saturated carbocycles. The van der Waals surface area contributed by atoms with Gasteiger partial charge in [0.15, 0.2) is 0 Å². The van der Waals surface area contributed by atoms with Crippen molar-refractivity contribution in [2.75, 3.05) is 13.1 Å². The maximum absolute atomic E-state index is 11.7. The zero-order valence-electron chi connectivity index (χ0n) is 9.12. The van der Waals surface area contributed by atoms with Crippen molar-refractivity contribution in [3.63, 3.8) is 0 Å². The van der Waals surface area contributed by atoms with Crippen LogP contribution in [0.2, 0.25) is 0 Å². The van der Waals surface area contributed by atoms with Crippen molar-refractivity contribution in [1.29, 1.82) is 0 Å². The number of likely N-dealkylation sites (tertiary alicyclic amines) is 1. The van der Waals surface area contributed by atoms with Gasteiger partial charge in [0.2, 0.25) is 5.91 Å². The van der Waals surface area contributed by atoms with Gasteiger partial charge in [-0.15, -0.1) is 0 Å². The van der Waals surface area contributed by atoms with Gasteiger partial charge in [-0.2, -0.15) is 0 Å². The molecule has 80 valence electrons. The quantitative estimate of drug-likeness (QED) is 0.739. The highest BCUT2D eigenvalue weighted by molar-refractivity contribution is 5.82. The zero-order valence-corrected chi connectivity index (χ0v) is 9.12. The Morgan fingerprint density at radius 3 is 3.07 bits per heavy atom. The Morgan fingerprint density at radius 1 is 1.64 bits per heavy atom. The second kappa shape index (κ2) is 5.68. The fourth-order valence-corrected chi connectivity index (χ4v) is 1.81. The molecular weight excluding hydrogens is 176 g/mol. The molecule has 1 atom stereocenters. The SMILES string of the molecule is CC=CN1CCCC1C(=O)NCCC. The van der Waals surface area contributed by atoms with Crippen LogP contribution in [0, 0.1) is 0 Å². The van der Waals surface area contributed by atoms with Crippen LogP contribution in [0.25, 0.3) is 0 Å². The number of nitrogens with one attached hydrogen (secondary N) is 1. The average molecular weight is 196 g/mol. The highest BCUT2D eigenvalue weighted by Gasteiger charge is 2.27. The molecule has 1 unspecified atom stereocenters. The molecule has 1 saturated heterocycles. The second-order valence-corrected chi connectivity index (χ2v) is 3.67. The highest BCUT2D eigenvalue weighted by atomic mass is 16.2. The van der Waals surface area contributed by atoms with Crippen molar-refractivity contribution in [1.82, 2.24) is 10.2 Å². The first-order valence-electron chi connectivity index (χ1n) is 5.46. The van der Waals surface area contributed by atoms with E-state index in [-0.39, 0.29) is 11.9 Å². The Bertz CT molecular complexity index is 213. The van der Waals surface area contributed by atoms with E-state index in [1.165, 1.54) is 0 Å². The highest BCUT2D eigenvalue weighted by Crippen LogP contribution is 2.17. The summed E-state index contributed by atoms with van der Waals surface area (Å²) < 4.78 is 0. The predicted octanol–water partition coefficient (Wildman–Crippen LogP) is 1.51. The van der Waals surface area contributed by atoms with Crippen LogP contribution in [-0.2, 0) is 4.79 Å². The minimum absolute atomic E-state index is 0.0674. The van der Waals surface area contributed by atoms with Crippen LogP contribution in [0.1, 0.15) is 33.1 Å². The Balaban J connectivity index is 2.44. The first-order valence-corrected chi connectivity index (χ1v) is 5.46. The number of amides is 1. The summed E-state index contributed by atoms with van der Waals surface area (Å²) in [4.78, 5) is 13.8. The lowest BCUT2D eigenvalue weighted by molar-refractivity contribution is -0.124. The van der Waals surface area contributed by atoms with E-state index in [9.17, 15) is 4.79 Å². The van der Waals surface area contributed by atoms with E-state index < -0.39 is 0 Å². The predicted molar refractivity (Wildman–Crippen MR) is 57.8 cm³/mol. The average Bonchev–Trinajstić information content (AvgIpc) is 2.63. The van der Waals surface area contributed by atoms with Crippen molar-refractivity contribution in [3.8, 4) is 0 Å². The van der Waals surface area contributed by atoms with Crippen molar-refractivity contribution in [2.45, 2.75) is 39.2 Å². The summed E-state index contributed by atoms with van der Waals surface area (Å²) in [6.45, 7) is 5.85. The first-order chi connectivity index (χ1) is 6.79. The Kier molecular flexibility index (Phi) is 4.50. The number of nitrogens with zero attached hydrogens (tertiary/aromatic N) is 1. The van der Waals surface area contributed by atoms with Gasteiger partial charge in [0.1, 0.15) is 6.04 Å². The van der Waals surface area contributed by atoms with E-state index in [0.717, 1.165) is 32.4 Å². The molecule has 1 fully saturated rings. The summed E-state index contributed by atoms with van der Waals surface area (Å²) in [5, 5.41) is 2.95. The third-order valence-electron chi connectivity index (χ3n) is 2.49. The molecule has 0 spiro atoms. The number of carbonyl (C=O) groups is 1. The van der Waals surface area contributed by atoms with E-state index in [0.29, 0.717) is 0 Å².